The minimum absolute atomic E-state index is 0.0497. The van der Waals surface area contributed by atoms with E-state index < -0.39 is 23.8 Å². The number of thioether (sulfide) groups is 1. The lowest BCUT2D eigenvalue weighted by atomic mass is 10.0. The number of nitrogens with zero attached hydrogens (tertiary/aromatic N) is 1. The summed E-state index contributed by atoms with van der Waals surface area (Å²) < 4.78 is 5.44. The van der Waals surface area contributed by atoms with E-state index in [1.807, 2.05) is 36.6 Å². The van der Waals surface area contributed by atoms with Crippen LogP contribution in [0.4, 0.5) is 4.79 Å². The van der Waals surface area contributed by atoms with Crippen molar-refractivity contribution in [3.05, 3.63) is 35.9 Å². The molecule has 0 spiro atoms. The Bertz CT molecular complexity index is 827. The summed E-state index contributed by atoms with van der Waals surface area (Å²) in [5.41, 5.74) is 0.0983. The predicted molar refractivity (Wildman–Crippen MR) is 142 cm³/mol. The second kappa shape index (κ2) is 13.8. The molecule has 1 aliphatic rings. The number of carbonyl (C=O) groups is 3. The van der Waals surface area contributed by atoms with Gasteiger partial charge in [0.2, 0.25) is 11.8 Å². The fourth-order valence-corrected chi connectivity index (χ4v) is 4.52. The van der Waals surface area contributed by atoms with Gasteiger partial charge in [0, 0.05) is 12.6 Å². The first-order valence-electron chi connectivity index (χ1n) is 12.7. The molecule has 2 rings (SSSR count). The Morgan fingerprint density at radius 2 is 1.83 bits per heavy atom. The van der Waals surface area contributed by atoms with E-state index in [1.165, 1.54) is 0 Å². The Balaban J connectivity index is 2.36. The van der Waals surface area contributed by atoms with Crippen molar-refractivity contribution < 1.29 is 19.1 Å². The topological polar surface area (TPSA) is 87.7 Å². The zero-order valence-corrected chi connectivity index (χ0v) is 23.0. The fourth-order valence-electron chi connectivity index (χ4n) is 4.05. The number of nitrogens with one attached hydrogen (secondary N) is 2. The average Bonchev–Trinajstić information content (AvgIpc) is 3.52. The molecule has 0 heterocycles. The Labute approximate surface area is 215 Å². The third-order valence-electron chi connectivity index (χ3n) is 6.00. The SMILES string of the molecule is CCCCCNC(=O)C(c1ccccc1)N(C(=O)C(CCSC)NC(=O)OC(C)(C)C)C1CC1C. The molecule has 1 aromatic carbocycles. The molecule has 35 heavy (non-hydrogen) atoms. The van der Waals surface area contributed by atoms with E-state index in [9.17, 15) is 14.4 Å². The minimum Gasteiger partial charge on any atom is -0.444 e. The average molecular weight is 506 g/mol. The second-order valence-electron chi connectivity index (χ2n) is 10.3. The Morgan fingerprint density at radius 3 is 2.37 bits per heavy atom. The largest absolute Gasteiger partial charge is 0.444 e. The lowest BCUT2D eigenvalue weighted by Crippen LogP contribution is -2.54. The molecule has 2 N–H and O–H groups in total. The molecule has 1 aliphatic carbocycles. The third-order valence-corrected chi connectivity index (χ3v) is 6.64. The van der Waals surface area contributed by atoms with Gasteiger partial charge >= 0.3 is 6.09 Å². The standard InChI is InChI=1S/C27H43N3O4S/c1-7-8-12-16-28-24(31)23(20-13-10-9-11-14-20)30(22-18-19(22)2)25(32)21(15-17-35-6)29-26(33)34-27(3,4)5/h9-11,13-14,19,21-23H,7-8,12,15-18H2,1-6H3,(H,28,31)(H,29,33). The maximum Gasteiger partial charge on any atom is 0.408 e. The van der Waals surface area contributed by atoms with Crippen LogP contribution in [0.1, 0.15) is 78.3 Å². The lowest BCUT2D eigenvalue weighted by molar-refractivity contribution is -0.143. The van der Waals surface area contributed by atoms with Crippen LogP contribution in [0.15, 0.2) is 30.3 Å². The summed E-state index contributed by atoms with van der Waals surface area (Å²) in [6.07, 6.45) is 5.63. The lowest BCUT2D eigenvalue weighted by Gasteiger charge is -2.35. The van der Waals surface area contributed by atoms with Gasteiger partial charge in [0.25, 0.3) is 0 Å². The number of carbonyl (C=O) groups excluding carboxylic acids is 3. The summed E-state index contributed by atoms with van der Waals surface area (Å²) in [4.78, 5) is 41.9. The summed E-state index contributed by atoms with van der Waals surface area (Å²) in [5, 5.41) is 5.85. The molecule has 0 aliphatic heterocycles. The Morgan fingerprint density at radius 1 is 1.17 bits per heavy atom. The highest BCUT2D eigenvalue weighted by molar-refractivity contribution is 7.98. The second-order valence-corrected chi connectivity index (χ2v) is 11.3. The van der Waals surface area contributed by atoms with Crippen LogP contribution in [0, 0.1) is 5.92 Å². The first-order valence-corrected chi connectivity index (χ1v) is 14.1. The van der Waals surface area contributed by atoms with Gasteiger partial charge in [-0.25, -0.2) is 4.79 Å². The molecule has 0 aromatic heterocycles. The maximum atomic E-state index is 14.0. The van der Waals surface area contributed by atoms with Crippen LogP contribution in [0.2, 0.25) is 0 Å². The van der Waals surface area contributed by atoms with Crippen LogP contribution < -0.4 is 10.6 Å². The van der Waals surface area contributed by atoms with Crippen LogP contribution in [0.25, 0.3) is 0 Å². The minimum atomic E-state index is -0.774. The van der Waals surface area contributed by atoms with Crippen LogP contribution >= 0.6 is 11.8 Å². The van der Waals surface area contributed by atoms with Crippen LogP contribution in [-0.4, -0.2) is 59.0 Å². The van der Waals surface area contributed by atoms with Crippen molar-refractivity contribution in [1.29, 1.82) is 0 Å². The highest BCUT2D eigenvalue weighted by Crippen LogP contribution is 2.40. The maximum absolute atomic E-state index is 14.0. The molecule has 0 bridgehead atoms. The van der Waals surface area contributed by atoms with Crippen molar-refractivity contribution in [2.24, 2.45) is 5.92 Å². The molecule has 4 unspecified atom stereocenters. The molecular weight excluding hydrogens is 462 g/mol. The highest BCUT2D eigenvalue weighted by Gasteiger charge is 2.48. The predicted octanol–water partition coefficient (Wildman–Crippen LogP) is 4.92. The molecule has 1 fully saturated rings. The summed E-state index contributed by atoms with van der Waals surface area (Å²) in [6, 6.07) is 7.87. The van der Waals surface area contributed by atoms with Gasteiger partial charge in [0.05, 0.1) is 0 Å². The molecular formula is C27H43N3O4S. The highest BCUT2D eigenvalue weighted by atomic mass is 32.2. The van der Waals surface area contributed by atoms with Gasteiger partial charge < -0.3 is 20.3 Å². The number of amides is 3. The van der Waals surface area contributed by atoms with E-state index in [-0.39, 0.29) is 17.9 Å². The van der Waals surface area contributed by atoms with Gasteiger partial charge in [0.15, 0.2) is 0 Å². The number of unbranched alkanes of at least 4 members (excludes halogenated alkanes) is 2. The van der Waals surface area contributed by atoms with Crippen molar-refractivity contribution >= 4 is 29.7 Å². The quantitative estimate of drug-likeness (QED) is 0.372. The zero-order chi connectivity index (χ0) is 26.0. The van der Waals surface area contributed by atoms with E-state index >= 15 is 0 Å². The summed E-state index contributed by atoms with van der Waals surface area (Å²) in [7, 11) is 0. The number of benzene rings is 1. The van der Waals surface area contributed by atoms with Crippen molar-refractivity contribution in [2.75, 3.05) is 18.6 Å². The van der Waals surface area contributed by atoms with Gasteiger partial charge in [0.1, 0.15) is 17.7 Å². The van der Waals surface area contributed by atoms with Crippen LogP contribution in [0.5, 0.6) is 0 Å². The molecule has 4 atom stereocenters. The fraction of sp³-hybridized carbons (Fsp3) is 0.667. The smallest absolute Gasteiger partial charge is 0.408 e. The van der Waals surface area contributed by atoms with Crippen molar-refractivity contribution in [3.63, 3.8) is 0 Å². The van der Waals surface area contributed by atoms with Gasteiger partial charge in [-0.15, -0.1) is 0 Å². The first kappa shape index (κ1) is 29.0. The van der Waals surface area contributed by atoms with Crippen LogP contribution in [0.3, 0.4) is 0 Å². The number of hydrogen-bond donors (Lipinski definition) is 2. The molecule has 3 amide bonds. The first-order chi connectivity index (χ1) is 16.6. The third kappa shape index (κ3) is 9.39. The Hall–Kier alpha value is -2.22. The van der Waals surface area contributed by atoms with E-state index in [0.29, 0.717) is 24.6 Å². The van der Waals surface area contributed by atoms with Crippen molar-refractivity contribution in [1.82, 2.24) is 15.5 Å². The van der Waals surface area contributed by atoms with Crippen molar-refractivity contribution in [3.8, 4) is 0 Å². The summed E-state index contributed by atoms with van der Waals surface area (Å²) in [6.45, 7) is 10.2. The van der Waals surface area contributed by atoms with Gasteiger partial charge in [-0.1, -0.05) is 57.0 Å². The van der Waals surface area contributed by atoms with Gasteiger partial charge in [-0.2, -0.15) is 11.8 Å². The zero-order valence-electron chi connectivity index (χ0n) is 22.1. The van der Waals surface area contributed by atoms with Gasteiger partial charge in [-0.05, 0) is 63.5 Å². The van der Waals surface area contributed by atoms with Crippen molar-refractivity contribution in [2.45, 2.75) is 90.4 Å². The molecule has 1 saturated carbocycles. The molecule has 1 aromatic rings. The molecule has 8 heteroatoms. The normalized spacial score (nSPS) is 18.8. The number of alkyl carbamates (subject to hydrolysis) is 1. The van der Waals surface area contributed by atoms with E-state index in [0.717, 1.165) is 31.2 Å². The summed E-state index contributed by atoms with van der Waals surface area (Å²) >= 11 is 1.61. The number of ether oxygens (including phenoxy) is 1. The Kier molecular flexibility index (Phi) is 11.4. The van der Waals surface area contributed by atoms with Crippen LogP contribution in [-0.2, 0) is 14.3 Å². The summed E-state index contributed by atoms with van der Waals surface area (Å²) in [5.74, 6) is 0.567. The monoisotopic (exact) mass is 505 g/mol. The van der Waals surface area contributed by atoms with E-state index in [2.05, 4.69) is 24.5 Å². The molecule has 0 radical (unpaired) electrons. The van der Waals surface area contributed by atoms with E-state index in [1.54, 1.807) is 37.4 Å². The van der Waals surface area contributed by atoms with Gasteiger partial charge in [-0.3, -0.25) is 9.59 Å². The molecule has 0 saturated heterocycles. The molecule has 196 valence electrons. The molecule has 7 nitrogen and oxygen atoms in total. The number of rotatable bonds is 13. The van der Waals surface area contributed by atoms with E-state index in [4.69, 9.17) is 4.74 Å². The number of hydrogen-bond acceptors (Lipinski definition) is 5.